The van der Waals surface area contributed by atoms with Gasteiger partial charge in [0.2, 0.25) is 5.13 Å². The quantitative estimate of drug-likeness (QED) is 0.773. The Balaban J connectivity index is 1.66. The van der Waals surface area contributed by atoms with Crippen LogP contribution in [0.5, 0.6) is 0 Å². The summed E-state index contributed by atoms with van der Waals surface area (Å²) in [5.41, 5.74) is 0.530. The maximum absolute atomic E-state index is 9.03. The molecule has 0 aliphatic heterocycles. The Kier molecular flexibility index (Phi) is 4.14. The standard InChI is InChI=1S/C13H9N5OS2/c14-7-9-3-1-5-15-11(9)20-13-18-17-12(21-13)16-8-10-4-2-6-19-10/h1-6H,8H2,(H,16,17). The molecule has 8 heteroatoms. The summed E-state index contributed by atoms with van der Waals surface area (Å²) in [6, 6.07) is 9.30. The number of nitriles is 1. The summed E-state index contributed by atoms with van der Waals surface area (Å²) >= 11 is 2.74. The first kappa shape index (κ1) is 13.6. The van der Waals surface area contributed by atoms with Crippen molar-refractivity contribution < 1.29 is 4.42 Å². The lowest BCUT2D eigenvalue weighted by Gasteiger charge is -1.98. The number of nitrogens with zero attached hydrogens (tertiary/aromatic N) is 4. The van der Waals surface area contributed by atoms with Crippen LogP contribution in [0.2, 0.25) is 0 Å². The molecular formula is C13H9N5OS2. The van der Waals surface area contributed by atoms with E-state index in [1.807, 2.05) is 12.1 Å². The van der Waals surface area contributed by atoms with Gasteiger partial charge in [0.15, 0.2) is 4.34 Å². The Bertz CT molecular complexity index is 763. The molecule has 0 bridgehead atoms. The molecule has 0 aliphatic carbocycles. The number of aromatic nitrogens is 3. The number of rotatable bonds is 5. The number of anilines is 1. The minimum Gasteiger partial charge on any atom is -0.467 e. The van der Waals surface area contributed by atoms with Crippen molar-refractivity contribution in [3.05, 3.63) is 48.0 Å². The molecule has 6 nitrogen and oxygen atoms in total. The molecule has 0 radical (unpaired) electrons. The number of nitrogens with one attached hydrogen (secondary N) is 1. The zero-order valence-corrected chi connectivity index (χ0v) is 12.3. The molecule has 3 aromatic rings. The monoisotopic (exact) mass is 315 g/mol. The Hall–Kier alpha value is -2.37. The van der Waals surface area contributed by atoms with Crippen molar-refractivity contribution in [3.8, 4) is 6.07 Å². The fourth-order valence-electron chi connectivity index (χ4n) is 1.54. The molecular weight excluding hydrogens is 306 g/mol. The Morgan fingerprint density at radius 3 is 3.10 bits per heavy atom. The van der Waals surface area contributed by atoms with Crippen molar-refractivity contribution in [1.82, 2.24) is 15.2 Å². The summed E-state index contributed by atoms with van der Waals surface area (Å²) in [4.78, 5) is 4.18. The van der Waals surface area contributed by atoms with Gasteiger partial charge in [-0.15, -0.1) is 10.2 Å². The molecule has 0 amide bonds. The van der Waals surface area contributed by atoms with E-state index < -0.39 is 0 Å². The number of hydrogen-bond acceptors (Lipinski definition) is 8. The van der Waals surface area contributed by atoms with Crippen LogP contribution in [-0.4, -0.2) is 15.2 Å². The molecule has 3 rings (SSSR count). The highest BCUT2D eigenvalue weighted by molar-refractivity contribution is 8.01. The van der Waals surface area contributed by atoms with Crippen molar-refractivity contribution in [2.75, 3.05) is 5.32 Å². The summed E-state index contributed by atoms with van der Waals surface area (Å²) in [6.45, 7) is 0.555. The summed E-state index contributed by atoms with van der Waals surface area (Å²) in [6.07, 6.45) is 3.28. The molecule has 0 saturated carbocycles. The highest BCUT2D eigenvalue weighted by atomic mass is 32.2. The first-order chi connectivity index (χ1) is 10.3. The van der Waals surface area contributed by atoms with Gasteiger partial charge in [0.1, 0.15) is 16.9 Å². The third-order valence-corrected chi connectivity index (χ3v) is 4.43. The molecule has 21 heavy (non-hydrogen) atoms. The van der Waals surface area contributed by atoms with Gasteiger partial charge >= 0.3 is 0 Å². The van der Waals surface area contributed by atoms with E-state index in [1.165, 1.54) is 23.1 Å². The molecule has 104 valence electrons. The fraction of sp³-hybridized carbons (Fsp3) is 0.0769. The van der Waals surface area contributed by atoms with Crippen molar-refractivity contribution >= 4 is 28.2 Å². The van der Waals surface area contributed by atoms with Gasteiger partial charge < -0.3 is 9.73 Å². The molecule has 3 aromatic heterocycles. The lowest BCUT2D eigenvalue weighted by molar-refractivity contribution is 0.518. The maximum atomic E-state index is 9.03. The summed E-state index contributed by atoms with van der Waals surface area (Å²) in [5, 5.41) is 21.6. The second-order valence-electron chi connectivity index (χ2n) is 3.88. The zero-order chi connectivity index (χ0) is 14.5. The van der Waals surface area contributed by atoms with Crippen LogP contribution in [0.4, 0.5) is 5.13 Å². The molecule has 0 aromatic carbocycles. The normalized spacial score (nSPS) is 10.2. The number of furan rings is 1. The number of hydrogen-bond donors (Lipinski definition) is 1. The lowest BCUT2D eigenvalue weighted by Crippen LogP contribution is -1.96. The molecule has 3 heterocycles. The van der Waals surface area contributed by atoms with Crippen LogP contribution in [-0.2, 0) is 6.54 Å². The molecule has 0 fully saturated rings. The van der Waals surface area contributed by atoms with Crippen molar-refractivity contribution in [2.45, 2.75) is 15.9 Å². The summed E-state index contributed by atoms with van der Waals surface area (Å²) < 4.78 is 5.96. The van der Waals surface area contributed by atoms with E-state index in [-0.39, 0.29) is 0 Å². The molecule has 0 spiro atoms. The van der Waals surface area contributed by atoms with E-state index in [0.717, 1.165) is 10.1 Å². The number of pyridine rings is 1. The minimum absolute atomic E-state index is 0.530. The Morgan fingerprint density at radius 1 is 1.33 bits per heavy atom. The van der Waals surface area contributed by atoms with Crippen LogP contribution in [0, 0.1) is 11.3 Å². The average molecular weight is 315 g/mol. The van der Waals surface area contributed by atoms with Crippen LogP contribution < -0.4 is 5.32 Å². The molecule has 0 saturated heterocycles. The van der Waals surface area contributed by atoms with Crippen LogP contribution in [0.1, 0.15) is 11.3 Å². The van der Waals surface area contributed by atoms with E-state index in [9.17, 15) is 0 Å². The van der Waals surface area contributed by atoms with E-state index in [2.05, 4.69) is 26.6 Å². The second kappa shape index (κ2) is 6.39. The second-order valence-corrected chi connectivity index (χ2v) is 6.09. The summed E-state index contributed by atoms with van der Waals surface area (Å²) in [5.74, 6) is 0.830. The SMILES string of the molecule is N#Cc1cccnc1Sc1nnc(NCc2ccco2)s1. The van der Waals surface area contributed by atoms with Gasteiger partial charge in [-0.1, -0.05) is 11.3 Å². The average Bonchev–Trinajstić information content (AvgIpc) is 3.17. The zero-order valence-electron chi connectivity index (χ0n) is 10.7. The predicted octanol–water partition coefficient (Wildman–Crippen LogP) is 3.16. The lowest BCUT2D eigenvalue weighted by atomic mass is 10.3. The van der Waals surface area contributed by atoms with Crippen LogP contribution in [0.25, 0.3) is 0 Å². The van der Waals surface area contributed by atoms with Gasteiger partial charge in [-0.2, -0.15) is 5.26 Å². The van der Waals surface area contributed by atoms with Crippen molar-refractivity contribution in [3.63, 3.8) is 0 Å². The predicted molar refractivity (Wildman–Crippen MR) is 79.0 cm³/mol. The van der Waals surface area contributed by atoms with Crippen LogP contribution in [0.3, 0.4) is 0 Å². The molecule has 0 atom stereocenters. The van der Waals surface area contributed by atoms with Gasteiger partial charge in [-0.05, 0) is 36.0 Å². The minimum atomic E-state index is 0.530. The third-order valence-electron chi connectivity index (χ3n) is 2.48. The summed E-state index contributed by atoms with van der Waals surface area (Å²) in [7, 11) is 0. The first-order valence-corrected chi connectivity index (χ1v) is 7.61. The van der Waals surface area contributed by atoms with E-state index in [0.29, 0.717) is 22.3 Å². The van der Waals surface area contributed by atoms with E-state index >= 15 is 0 Å². The third kappa shape index (κ3) is 3.39. The van der Waals surface area contributed by atoms with Gasteiger partial charge in [-0.25, -0.2) is 4.98 Å². The van der Waals surface area contributed by atoms with E-state index in [4.69, 9.17) is 9.68 Å². The largest absolute Gasteiger partial charge is 0.467 e. The van der Waals surface area contributed by atoms with Crippen LogP contribution in [0.15, 0.2) is 50.5 Å². The van der Waals surface area contributed by atoms with Crippen molar-refractivity contribution in [2.24, 2.45) is 0 Å². The molecule has 0 aliphatic rings. The van der Waals surface area contributed by atoms with Gasteiger partial charge in [-0.3, -0.25) is 0 Å². The Labute approximate surface area is 128 Å². The van der Waals surface area contributed by atoms with Crippen LogP contribution >= 0.6 is 23.1 Å². The van der Waals surface area contributed by atoms with Gasteiger partial charge in [0.05, 0.1) is 18.4 Å². The Morgan fingerprint density at radius 2 is 2.29 bits per heavy atom. The fourth-order valence-corrected chi connectivity index (χ4v) is 3.24. The van der Waals surface area contributed by atoms with E-state index in [1.54, 1.807) is 24.6 Å². The molecule has 0 unspecified atom stereocenters. The first-order valence-electron chi connectivity index (χ1n) is 5.98. The van der Waals surface area contributed by atoms with Gasteiger partial charge in [0.25, 0.3) is 0 Å². The van der Waals surface area contributed by atoms with Gasteiger partial charge in [0, 0.05) is 6.20 Å². The maximum Gasteiger partial charge on any atom is 0.206 e. The highest BCUT2D eigenvalue weighted by Gasteiger charge is 2.10. The highest BCUT2D eigenvalue weighted by Crippen LogP contribution is 2.32. The van der Waals surface area contributed by atoms with Crippen molar-refractivity contribution in [1.29, 1.82) is 5.26 Å². The topological polar surface area (TPSA) is 87.6 Å². The molecule has 1 N–H and O–H groups in total. The smallest absolute Gasteiger partial charge is 0.206 e.